The molecule has 1 amide bonds. The van der Waals surface area contributed by atoms with Crippen LogP contribution >= 0.6 is 0 Å². The van der Waals surface area contributed by atoms with Crippen LogP contribution in [-0.4, -0.2) is 19.1 Å². The van der Waals surface area contributed by atoms with Crippen LogP contribution in [0.3, 0.4) is 0 Å². The number of carbonyl (C=O) groups excluding carboxylic acids is 1. The van der Waals surface area contributed by atoms with E-state index in [2.05, 4.69) is 36.4 Å². The molecule has 3 nitrogen and oxygen atoms in total. The van der Waals surface area contributed by atoms with Crippen LogP contribution in [0.2, 0.25) is 19.6 Å². The molecule has 2 N–H and O–H groups in total. The van der Waals surface area contributed by atoms with Gasteiger partial charge in [-0.25, -0.2) is 0 Å². The Labute approximate surface area is 128 Å². The summed E-state index contributed by atoms with van der Waals surface area (Å²) in [6.45, 7) is 12.0. The minimum absolute atomic E-state index is 0.0534. The lowest BCUT2D eigenvalue weighted by molar-refractivity contribution is -0.123. The average Bonchev–Trinajstić information content (AvgIpc) is 2.34. The third kappa shape index (κ3) is 6.15. The van der Waals surface area contributed by atoms with Crippen LogP contribution < -0.4 is 5.32 Å². The summed E-state index contributed by atoms with van der Waals surface area (Å²) >= 11 is 0. The van der Waals surface area contributed by atoms with E-state index in [1.54, 1.807) is 6.07 Å². The zero-order valence-corrected chi connectivity index (χ0v) is 14.7. The van der Waals surface area contributed by atoms with E-state index in [0.29, 0.717) is 11.3 Å². The Morgan fingerprint density at radius 1 is 1.29 bits per heavy atom. The first-order valence-electron chi connectivity index (χ1n) is 7.11. The molecule has 1 rings (SSSR count). The van der Waals surface area contributed by atoms with Gasteiger partial charge in [0.1, 0.15) is 14.2 Å². The van der Waals surface area contributed by atoms with Crippen LogP contribution in [-0.2, 0) is 4.79 Å². The number of hydrogen-bond acceptors (Lipinski definition) is 2. The number of amides is 1. The van der Waals surface area contributed by atoms with Crippen molar-refractivity contribution in [3.63, 3.8) is 0 Å². The summed E-state index contributed by atoms with van der Waals surface area (Å²) in [5.41, 5.74) is 4.09. The molecule has 0 aliphatic heterocycles. The third-order valence-corrected chi connectivity index (χ3v) is 3.62. The largest absolute Gasteiger partial charge is 0.376 e. The van der Waals surface area contributed by atoms with E-state index in [1.165, 1.54) is 0 Å². The van der Waals surface area contributed by atoms with Gasteiger partial charge in [-0.05, 0) is 17.7 Å². The highest BCUT2D eigenvalue weighted by Crippen LogP contribution is 2.20. The Balaban J connectivity index is 2.90. The Morgan fingerprint density at radius 2 is 1.90 bits per heavy atom. The van der Waals surface area contributed by atoms with E-state index in [4.69, 9.17) is 0 Å². The van der Waals surface area contributed by atoms with Crippen molar-refractivity contribution in [2.24, 2.45) is 5.41 Å². The molecule has 0 bridgehead atoms. The molecule has 0 fully saturated rings. The second-order valence-corrected chi connectivity index (χ2v) is 12.0. The minimum atomic E-state index is -1.51. The number of rotatable bonds is 2. The van der Waals surface area contributed by atoms with E-state index >= 15 is 0 Å². The molecule has 1 aromatic rings. The fraction of sp³-hybridized carbons (Fsp3) is 0.471. The predicted octanol–water partition coefficient (Wildman–Crippen LogP) is 3.59. The summed E-state index contributed by atoms with van der Waals surface area (Å²) in [6, 6.07) is 7.21. The molecule has 0 radical (unpaired) electrons. The molecule has 1 aromatic carbocycles. The van der Waals surface area contributed by atoms with Gasteiger partial charge in [-0.3, -0.25) is 4.79 Å². The first kappa shape index (κ1) is 17.5. The van der Waals surface area contributed by atoms with Crippen molar-refractivity contribution in [1.29, 1.82) is 0 Å². The van der Waals surface area contributed by atoms with Crippen LogP contribution in [0, 0.1) is 16.9 Å². The smallest absolute Gasteiger partial charge is 0.229 e. The Kier molecular flexibility index (Phi) is 5.38. The lowest BCUT2D eigenvalue weighted by Gasteiger charge is -2.18. The average molecular weight is 303 g/mol. The molecule has 0 spiro atoms. The maximum Gasteiger partial charge on any atom is 0.229 e. The zero-order chi connectivity index (χ0) is 16.3. The minimum Gasteiger partial charge on any atom is -0.376 e. The third-order valence-electron chi connectivity index (χ3n) is 2.73. The molecule has 4 heteroatoms. The highest BCUT2D eigenvalue weighted by Gasteiger charge is 2.21. The fourth-order valence-electron chi connectivity index (χ4n) is 1.47. The molecule has 0 aliphatic rings. The van der Waals surface area contributed by atoms with Gasteiger partial charge in [0.15, 0.2) is 0 Å². The maximum absolute atomic E-state index is 12.0. The first-order valence-corrected chi connectivity index (χ1v) is 10.6. The van der Waals surface area contributed by atoms with E-state index in [-0.39, 0.29) is 5.91 Å². The van der Waals surface area contributed by atoms with Gasteiger partial charge in [-0.15, -0.1) is 5.54 Å². The Morgan fingerprint density at radius 3 is 2.43 bits per heavy atom. The number of anilines is 1. The summed E-state index contributed by atoms with van der Waals surface area (Å²) in [5.74, 6) is 2.85. The number of aliphatic hydroxyl groups excluding tert-OH is 1. The van der Waals surface area contributed by atoms with E-state index in [0.717, 1.165) is 0 Å². The highest BCUT2D eigenvalue weighted by molar-refractivity contribution is 6.83. The molecule has 0 aromatic heterocycles. The maximum atomic E-state index is 12.0. The van der Waals surface area contributed by atoms with Gasteiger partial charge in [0.05, 0.1) is 0 Å². The lowest BCUT2D eigenvalue weighted by atomic mass is 9.95. The number of nitrogens with one attached hydrogen (secondary N) is 1. The molecule has 0 aliphatic carbocycles. The van der Waals surface area contributed by atoms with Crippen LogP contribution in [0.4, 0.5) is 5.69 Å². The number of hydrogen-bond donors (Lipinski definition) is 2. The molecule has 0 saturated carbocycles. The van der Waals surface area contributed by atoms with Crippen LogP contribution in [0.15, 0.2) is 24.3 Å². The van der Waals surface area contributed by atoms with Gasteiger partial charge < -0.3 is 10.4 Å². The van der Waals surface area contributed by atoms with Gasteiger partial charge in [0.25, 0.3) is 0 Å². The molecular weight excluding hydrogens is 278 g/mol. The van der Waals surface area contributed by atoms with E-state index in [1.807, 2.05) is 39.0 Å². The van der Waals surface area contributed by atoms with Crippen molar-refractivity contribution in [3.8, 4) is 11.5 Å². The predicted molar refractivity (Wildman–Crippen MR) is 90.6 cm³/mol. The molecule has 114 valence electrons. The van der Waals surface area contributed by atoms with Crippen molar-refractivity contribution >= 4 is 19.7 Å². The SMILES string of the molecule is CC(C)(C)C(=O)Nc1cccc(C(O)C#C[Si](C)(C)C)c1. The van der Waals surface area contributed by atoms with E-state index in [9.17, 15) is 9.90 Å². The van der Waals surface area contributed by atoms with Crippen molar-refractivity contribution in [1.82, 2.24) is 0 Å². The summed E-state index contributed by atoms with van der Waals surface area (Å²) < 4.78 is 0. The number of carbonyl (C=O) groups is 1. The highest BCUT2D eigenvalue weighted by atomic mass is 28.3. The molecule has 0 heterocycles. The summed E-state index contributed by atoms with van der Waals surface area (Å²) in [5, 5.41) is 13.0. The first-order chi connectivity index (χ1) is 9.49. The second kappa shape index (κ2) is 6.46. The van der Waals surface area contributed by atoms with Gasteiger partial charge in [-0.1, -0.05) is 58.5 Å². The van der Waals surface area contributed by atoms with Gasteiger partial charge in [-0.2, -0.15) is 0 Å². The lowest BCUT2D eigenvalue weighted by Crippen LogP contribution is -2.27. The molecule has 0 saturated heterocycles. The standard InChI is InChI=1S/C17H25NO2Si/c1-17(2,3)16(20)18-14-9-7-8-13(12-14)15(19)10-11-21(4,5)6/h7-9,12,15,19H,1-6H3,(H,18,20). The van der Waals surface area contributed by atoms with Crippen LogP contribution in [0.5, 0.6) is 0 Å². The van der Waals surface area contributed by atoms with Crippen molar-refractivity contribution in [3.05, 3.63) is 29.8 Å². The van der Waals surface area contributed by atoms with Crippen molar-refractivity contribution in [2.75, 3.05) is 5.32 Å². The quantitative estimate of drug-likeness (QED) is 0.648. The molecule has 1 atom stereocenters. The summed E-state index contributed by atoms with van der Waals surface area (Å²) in [7, 11) is -1.51. The topological polar surface area (TPSA) is 49.3 Å². The number of aliphatic hydroxyl groups is 1. The summed E-state index contributed by atoms with van der Waals surface area (Å²) in [6.07, 6.45) is -0.816. The Hall–Kier alpha value is -1.57. The molecular formula is C17H25NO2Si. The zero-order valence-electron chi connectivity index (χ0n) is 13.7. The van der Waals surface area contributed by atoms with Crippen LogP contribution in [0.1, 0.15) is 32.4 Å². The number of benzene rings is 1. The normalized spacial score (nSPS) is 13.1. The second-order valence-electron chi connectivity index (χ2n) is 7.25. The van der Waals surface area contributed by atoms with Gasteiger partial charge in [0, 0.05) is 11.1 Å². The molecule has 1 unspecified atom stereocenters. The van der Waals surface area contributed by atoms with Crippen molar-refractivity contribution < 1.29 is 9.90 Å². The summed E-state index contributed by atoms with van der Waals surface area (Å²) in [4.78, 5) is 12.0. The Bertz CT molecular complexity index is 571. The molecule has 21 heavy (non-hydrogen) atoms. The van der Waals surface area contributed by atoms with Crippen LogP contribution in [0.25, 0.3) is 0 Å². The van der Waals surface area contributed by atoms with E-state index < -0.39 is 19.6 Å². The van der Waals surface area contributed by atoms with Gasteiger partial charge >= 0.3 is 0 Å². The monoisotopic (exact) mass is 303 g/mol. The fourth-order valence-corrected chi connectivity index (χ4v) is 2.04. The van der Waals surface area contributed by atoms with Gasteiger partial charge in [0.2, 0.25) is 5.91 Å². The van der Waals surface area contributed by atoms with Crippen molar-refractivity contribution in [2.45, 2.75) is 46.5 Å².